The van der Waals surface area contributed by atoms with Gasteiger partial charge in [-0.25, -0.2) is 0 Å². The van der Waals surface area contributed by atoms with Gasteiger partial charge in [-0.3, -0.25) is 0 Å². The molecule has 0 amide bonds. The van der Waals surface area contributed by atoms with E-state index in [0.717, 1.165) is 17.8 Å². The molecule has 0 nitrogen and oxygen atoms in total. The van der Waals surface area contributed by atoms with Gasteiger partial charge in [-0.2, -0.15) is 0 Å². The van der Waals surface area contributed by atoms with Crippen LogP contribution in [-0.2, 0) is 0 Å². The van der Waals surface area contributed by atoms with E-state index >= 15 is 0 Å². The molecule has 2 atom stereocenters. The molecule has 2 saturated carbocycles. The van der Waals surface area contributed by atoms with Gasteiger partial charge in [0, 0.05) is 0 Å². The molecular weight excluding hydrogens is 84.1 g/mol. The van der Waals surface area contributed by atoms with Crippen LogP contribution in [0.4, 0.5) is 0 Å². The molecule has 0 aliphatic heterocycles. The molecule has 0 spiro atoms. The molecule has 0 heteroatoms. The monoisotopic (exact) mass is 94.1 g/mol. The Morgan fingerprint density at radius 2 is 2.14 bits per heavy atom. The first-order valence-corrected chi connectivity index (χ1v) is 3.05. The van der Waals surface area contributed by atoms with Gasteiger partial charge in [0.1, 0.15) is 0 Å². The molecule has 0 radical (unpaired) electrons. The van der Waals surface area contributed by atoms with Gasteiger partial charge in [0.2, 0.25) is 0 Å². The van der Waals surface area contributed by atoms with Crippen LogP contribution in [0.3, 0.4) is 0 Å². The van der Waals surface area contributed by atoms with Crippen molar-refractivity contribution in [2.45, 2.75) is 13.3 Å². The van der Waals surface area contributed by atoms with Gasteiger partial charge in [-0.15, -0.1) is 0 Å². The van der Waals surface area contributed by atoms with Crippen LogP contribution < -0.4 is 0 Å². The first-order chi connectivity index (χ1) is 3.36. The third-order valence-electron chi connectivity index (χ3n) is 2.39. The molecule has 0 aromatic heterocycles. The van der Waals surface area contributed by atoms with Crippen LogP contribution in [-0.4, -0.2) is 0 Å². The van der Waals surface area contributed by atoms with Crippen molar-refractivity contribution in [2.24, 2.45) is 17.8 Å². The quantitative estimate of drug-likeness (QED) is 0.435. The number of hydrogen-bond acceptors (Lipinski definition) is 0. The van der Waals surface area contributed by atoms with Crippen molar-refractivity contribution in [3.05, 3.63) is 12.2 Å². The summed E-state index contributed by atoms with van der Waals surface area (Å²) in [5.74, 6) is 3.09. The number of hydrogen-bond donors (Lipinski definition) is 0. The smallest absolute Gasteiger partial charge is 0.0100 e. The van der Waals surface area contributed by atoms with Gasteiger partial charge in [0.25, 0.3) is 0 Å². The van der Waals surface area contributed by atoms with Gasteiger partial charge in [-0.05, 0) is 17.8 Å². The molecule has 38 valence electrons. The molecule has 0 aromatic carbocycles. The Balaban J connectivity index is 1.99. The van der Waals surface area contributed by atoms with Crippen LogP contribution in [0.5, 0.6) is 0 Å². The third kappa shape index (κ3) is 0.255. The molecule has 2 rings (SSSR count). The van der Waals surface area contributed by atoms with Gasteiger partial charge in [-0.1, -0.05) is 25.5 Å². The van der Waals surface area contributed by atoms with E-state index in [0.29, 0.717) is 0 Å². The Kier molecular flexibility index (Phi) is 0.421. The molecule has 2 aliphatic carbocycles. The van der Waals surface area contributed by atoms with Crippen molar-refractivity contribution >= 4 is 0 Å². The van der Waals surface area contributed by atoms with E-state index in [1.165, 1.54) is 12.0 Å². The lowest BCUT2D eigenvalue weighted by Gasteiger charge is -1.94. The molecule has 7 heavy (non-hydrogen) atoms. The highest BCUT2D eigenvalue weighted by Gasteiger charge is 2.66. The molecular formula is C7H10. The van der Waals surface area contributed by atoms with Crippen LogP contribution in [0.15, 0.2) is 12.2 Å². The Morgan fingerprint density at radius 1 is 1.57 bits per heavy atom. The zero-order valence-corrected chi connectivity index (χ0v) is 4.65. The molecule has 0 aromatic rings. The minimum absolute atomic E-state index is 1.00. The van der Waals surface area contributed by atoms with Crippen molar-refractivity contribution in [1.29, 1.82) is 0 Å². The minimum Gasteiger partial charge on any atom is -0.0992 e. The normalized spacial score (nSPS) is 53.9. The largest absolute Gasteiger partial charge is 0.0992 e. The average Bonchev–Trinajstić information content (AvgIpc) is 2.47. The lowest BCUT2D eigenvalue weighted by atomic mass is 10.1. The Labute approximate surface area is 44.2 Å². The summed E-state index contributed by atoms with van der Waals surface area (Å²) in [6.07, 6.45) is 1.38. The van der Waals surface area contributed by atoms with Crippen LogP contribution in [0, 0.1) is 17.8 Å². The van der Waals surface area contributed by atoms with Crippen LogP contribution in [0.25, 0.3) is 0 Å². The predicted octanol–water partition coefficient (Wildman–Crippen LogP) is 1.83. The van der Waals surface area contributed by atoms with Crippen molar-refractivity contribution in [3.8, 4) is 0 Å². The van der Waals surface area contributed by atoms with Crippen molar-refractivity contribution in [1.82, 2.24) is 0 Å². The minimum atomic E-state index is 1.00. The zero-order chi connectivity index (χ0) is 5.02. The zero-order valence-electron chi connectivity index (χ0n) is 4.65. The molecule has 0 heterocycles. The first-order valence-electron chi connectivity index (χ1n) is 3.05. The van der Waals surface area contributed by atoms with E-state index in [9.17, 15) is 0 Å². The van der Waals surface area contributed by atoms with Crippen LogP contribution >= 0.6 is 0 Å². The number of allylic oxidation sites excluding steroid dienone is 1. The maximum Gasteiger partial charge on any atom is -0.0100 e. The van der Waals surface area contributed by atoms with Gasteiger partial charge < -0.3 is 0 Å². The average molecular weight is 94.2 g/mol. The fourth-order valence-electron chi connectivity index (χ4n) is 1.67. The van der Waals surface area contributed by atoms with E-state index < -0.39 is 0 Å². The lowest BCUT2D eigenvalue weighted by Crippen LogP contribution is -1.85. The van der Waals surface area contributed by atoms with E-state index in [1.807, 2.05) is 0 Å². The summed E-state index contributed by atoms with van der Waals surface area (Å²) in [6.45, 7) is 6.16. The highest BCUT2D eigenvalue weighted by atomic mass is 14.7. The van der Waals surface area contributed by atoms with Crippen LogP contribution in [0.2, 0.25) is 0 Å². The highest BCUT2D eigenvalue weighted by Crippen LogP contribution is 2.73. The molecule has 0 saturated heterocycles. The molecule has 2 aliphatic rings. The summed E-state index contributed by atoms with van der Waals surface area (Å²) in [5.41, 5.74) is 1.53. The molecule has 2 unspecified atom stereocenters. The molecule has 0 N–H and O–H groups in total. The second kappa shape index (κ2) is 0.795. The summed E-state index contributed by atoms with van der Waals surface area (Å²) in [4.78, 5) is 0. The maximum atomic E-state index is 3.90. The van der Waals surface area contributed by atoms with E-state index in [4.69, 9.17) is 0 Å². The van der Waals surface area contributed by atoms with Crippen molar-refractivity contribution in [2.75, 3.05) is 0 Å². The topological polar surface area (TPSA) is 0 Å². The Hall–Kier alpha value is -0.260. The summed E-state index contributed by atoms with van der Waals surface area (Å²) in [6, 6.07) is 0. The van der Waals surface area contributed by atoms with Gasteiger partial charge >= 0.3 is 0 Å². The molecule has 0 bridgehead atoms. The first kappa shape index (κ1) is 3.71. The SMILES string of the molecule is C=C1C2C(CC)C12. The predicted molar refractivity (Wildman–Crippen MR) is 29.9 cm³/mol. The summed E-state index contributed by atoms with van der Waals surface area (Å²) >= 11 is 0. The van der Waals surface area contributed by atoms with Gasteiger partial charge in [0.15, 0.2) is 0 Å². The summed E-state index contributed by atoms with van der Waals surface area (Å²) in [5, 5.41) is 0. The molecule has 2 fully saturated rings. The summed E-state index contributed by atoms with van der Waals surface area (Å²) in [7, 11) is 0. The fourth-order valence-corrected chi connectivity index (χ4v) is 1.67. The number of rotatable bonds is 1. The summed E-state index contributed by atoms with van der Waals surface area (Å²) < 4.78 is 0. The second-order valence-electron chi connectivity index (χ2n) is 2.70. The third-order valence-corrected chi connectivity index (χ3v) is 2.39. The van der Waals surface area contributed by atoms with E-state index in [-0.39, 0.29) is 0 Å². The lowest BCUT2D eigenvalue weighted by molar-refractivity contribution is 0.668. The van der Waals surface area contributed by atoms with Crippen molar-refractivity contribution in [3.63, 3.8) is 0 Å². The van der Waals surface area contributed by atoms with E-state index in [2.05, 4.69) is 13.5 Å². The Bertz CT molecular complexity index is 112. The van der Waals surface area contributed by atoms with E-state index in [1.54, 1.807) is 0 Å². The Morgan fingerprint density at radius 3 is 2.29 bits per heavy atom. The number of fused-ring (bicyclic) bond motifs is 1. The highest BCUT2D eigenvalue weighted by molar-refractivity contribution is 5.42. The maximum absolute atomic E-state index is 3.90. The fraction of sp³-hybridized carbons (Fsp3) is 0.714. The van der Waals surface area contributed by atoms with Crippen molar-refractivity contribution < 1.29 is 0 Å². The van der Waals surface area contributed by atoms with Gasteiger partial charge in [0.05, 0.1) is 0 Å². The second-order valence-corrected chi connectivity index (χ2v) is 2.70. The van der Waals surface area contributed by atoms with Crippen LogP contribution in [0.1, 0.15) is 13.3 Å². The standard InChI is InChI=1S/C7H10/c1-3-5-6-4(2)7(5)6/h5-7H,2-3H2,1H3.